The quantitative estimate of drug-likeness (QED) is 0.859. The number of rotatable bonds is 3. The zero-order valence-electron chi connectivity index (χ0n) is 7.09. The van der Waals surface area contributed by atoms with Gasteiger partial charge in [0.15, 0.2) is 4.73 Å². The lowest BCUT2D eigenvalue weighted by molar-refractivity contribution is 0.431. The molecule has 3 nitrogen and oxygen atoms in total. The van der Waals surface area contributed by atoms with Crippen molar-refractivity contribution in [2.24, 2.45) is 5.92 Å². The monoisotopic (exact) mass is 295 g/mol. The summed E-state index contributed by atoms with van der Waals surface area (Å²) in [5, 5.41) is 4.17. The highest BCUT2D eigenvalue weighted by Gasteiger charge is 2.07. The van der Waals surface area contributed by atoms with E-state index < -0.39 is 0 Å². The van der Waals surface area contributed by atoms with Crippen molar-refractivity contribution in [1.29, 1.82) is 0 Å². The molecule has 0 amide bonds. The zero-order valence-corrected chi connectivity index (χ0v) is 10.3. The van der Waals surface area contributed by atoms with Crippen LogP contribution in [-0.4, -0.2) is 14.8 Å². The Labute approximate surface area is 88.8 Å². The van der Waals surface area contributed by atoms with Crippen LogP contribution in [0.4, 0.5) is 0 Å². The first-order valence-corrected chi connectivity index (χ1v) is 5.48. The lowest BCUT2D eigenvalue weighted by Crippen LogP contribution is -2.08. The van der Waals surface area contributed by atoms with Crippen molar-refractivity contribution in [3.63, 3.8) is 0 Å². The molecule has 0 aliphatic rings. The van der Waals surface area contributed by atoms with Gasteiger partial charge in [-0.05, 0) is 37.8 Å². The molecule has 1 unspecified atom stereocenters. The van der Waals surface area contributed by atoms with Gasteiger partial charge < -0.3 is 0 Å². The largest absolute Gasteiger partial charge is 0.239 e. The lowest BCUT2D eigenvalue weighted by Gasteiger charge is -2.07. The second-order valence-corrected chi connectivity index (χ2v) is 4.26. The molecule has 0 N–H and O–H groups in total. The van der Waals surface area contributed by atoms with Gasteiger partial charge in [0.25, 0.3) is 0 Å². The molecule has 0 fully saturated rings. The van der Waals surface area contributed by atoms with Gasteiger partial charge in [-0.1, -0.05) is 20.3 Å². The Bertz CT molecular complexity index is 259. The number of aromatic nitrogens is 3. The van der Waals surface area contributed by atoms with Crippen molar-refractivity contribution in [2.75, 3.05) is 0 Å². The third-order valence-electron chi connectivity index (χ3n) is 1.78. The summed E-state index contributed by atoms with van der Waals surface area (Å²) < 4.78 is 3.28. The van der Waals surface area contributed by atoms with Crippen LogP contribution in [0.2, 0.25) is 0 Å². The van der Waals surface area contributed by atoms with E-state index in [0.29, 0.717) is 10.7 Å². The fourth-order valence-corrected chi connectivity index (χ4v) is 1.83. The molecule has 1 aromatic heterocycles. The third-order valence-corrected chi connectivity index (χ3v) is 2.70. The van der Waals surface area contributed by atoms with E-state index in [9.17, 15) is 0 Å². The number of hydrogen-bond acceptors (Lipinski definition) is 2. The van der Waals surface area contributed by atoms with E-state index in [1.54, 1.807) is 0 Å². The van der Waals surface area contributed by atoms with Crippen LogP contribution in [0, 0.1) is 5.92 Å². The van der Waals surface area contributed by atoms with Gasteiger partial charge in [-0.3, -0.25) is 0 Å². The molecule has 0 radical (unpaired) electrons. The van der Waals surface area contributed by atoms with E-state index in [1.807, 2.05) is 4.68 Å². The number of hydrogen-bond donors (Lipinski definition) is 0. The highest BCUT2D eigenvalue weighted by Crippen LogP contribution is 2.14. The van der Waals surface area contributed by atoms with Gasteiger partial charge in [-0.15, -0.1) is 5.10 Å². The van der Waals surface area contributed by atoms with Gasteiger partial charge in [-0.2, -0.15) is 4.98 Å². The van der Waals surface area contributed by atoms with E-state index in [-0.39, 0.29) is 0 Å². The van der Waals surface area contributed by atoms with Crippen LogP contribution in [0.3, 0.4) is 0 Å². The Hall–Kier alpha value is 0.1000. The summed E-state index contributed by atoms with van der Waals surface area (Å²) in [4.78, 5) is 4.08. The molecule has 1 aromatic rings. The molecule has 0 saturated carbocycles. The summed E-state index contributed by atoms with van der Waals surface area (Å²) in [7, 11) is 0. The molecule has 0 aliphatic heterocycles. The highest BCUT2D eigenvalue weighted by atomic mass is 79.9. The molecule has 1 rings (SSSR count). The van der Waals surface area contributed by atoms with Crippen LogP contribution in [0.15, 0.2) is 9.47 Å². The predicted octanol–water partition coefficient (Wildman–Crippen LogP) is 2.85. The molecule has 1 heterocycles. The molecule has 5 heteroatoms. The summed E-state index contributed by atoms with van der Waals surface area (Å²) in [5.74, 6) is 0.634. The molecule has 1 atom stereocenters. The fourth-order valence-electron chi connectivity index (χ4n) is 0.838. The molecular weight excluding hydrogens is 286 g/mol. The first-order valence-electron chi connectivity index (χ1n) is 3.89. The SMILES string of the molecule is CCC(C)Cn1nc(Br)nc1Br. The summed E-state index contributed by atoms with van der Waals surface area (Å²) in [6, 6.07) is 0. The minimum absolute atomic E-state index is 0.634. The van der Waals surface area contributed by atoms with E-state index in [4.69, 9.17) is 0 Å². The highest BCUT2D eigenvalue weighted by molar-refractivity contribution is 9.11. The summed E-state index contributed by atoms with van der Waals surface area (Å²) >= 11 is 6.56. The molecule has 0 aliphatic carbocycles. The van der Waals surface area contributed by atoms with Crippen LogP contribution >= 0.6 is 31.9 Å². The zero-order chi connectivity index (χ0) is 9.14. The standard InChI is InChI=1S/C7H11Br2N3/c1-3-5(2)4-12-7(9)10-6(8)11-12/h5H,3-4H2,1-2H3. The Kier molecular flexibility index (Phi) is 3.71. The maximum atomic E-state index is 4.17. The number of nitrogens with zero attached hydrogens (tertiary/aromatic N) is 3. The van der Waals surface area contributed by atoms with Crippen molar-refractivity contribution in [3.8, 4) is 0 Å². The molecule has 0 bridgehead atoms. The Morgan fingerprint density at radius 2 is 2.17 bits per heavy atom. The van der Waals surface area contributed by atoms with Gasteiger partial charge in [-0.25, -0.2) is 4.68 Å². The predicted molar refractivity (Wildman–Crippen MR) is 54.9 cm³/mol. The summed E-state index contributed by atoms with van der Waals surface area (Å²) in [5.41, 5.74) is 0. The minimum atomic E-state index is 0.634. The molecule has 68 valence electrons. The molecule has 0 spiro atoms. The van der Waals surface area contributed by atoms with E-state index in [0.717, 1.165) is 17.7 Å². The Morgan fingerprint density at radius 3 is 2.58 bits per heavy atom. The smallest absolute Gasteiger partial charge is 0.218 e. The lowest BCUT2D eigenvalue weighted by atomic mass is 10.1. The van der Waals surface area contributed by atoms with E-state index >= 15 is 0 Å². The van der Waals surface area contributed by atoms with Crippen LogP contribution < -0.4 is 0 Å². The van der Waals surface area contributed by atoms with Crippen LogP contribution in [-0.2, 0) is 6.54 Å². The van der Waals surface area contributed by atoms with Gasteiger partial charge in [0.2, 0.25) is 4.73 Å². The van der Waals surface area contributed by atoms with Crippen molar-refractivity contribution in [2.45, 2.75) is 26.8 Å². The average molecular weight is 297 g/mol. The minimum Gasteiger partial charge on any atom is -0.239 e. The maximum absolute atomic E-state index is 4.17. The van der Waals surface area contributed by atoms with E-state index in [1.165, 1.54) is 0 Å². The average Bonchev–Trinajstić information content (AvgIpc) is 2.30. The van der Waals surface area contributed by atoms with Crippen molar-refractivity contribution >= 4 is 31.9 Å². The summed E-state index contributed by atoms with van der Waals surface area (Å²) in [6.45, 7) is 5.28. The number of halogens is 2. The van der Waals surface area contributed by atoms with Crippen LogP contribution in [0.25, 0.3) is 0 Å². The molecule has 0 aromatic carbocycles. The second kappa shape index (κ2) is 4.37. The van der Waals surface area contributed by atoms with Crippen molar-refractivity contribution in [1.82, 2.24) is 14.8 Å². The van der Waals surface area contributed by atoms with Crippen molar-refractivity contribution in [3.05, 3.63) is 9.47 Å². The summed E-state index contributed by atoms with van der Waals surface area (Å²) in [6.07, 6.45) is 1.16. The van der Waals surface area contributed by atoms with Crippen LogP contribution in [0.1, 0.15) is 20.3 Å². The molecule has 0 saturated heterocycles. The normalized spacial score (nSPS) is 13.3. The Balaban J connectivity index is 2.68. The molecule has 12 heavy (non-hydrogen) atoms. The topological polar surface area (TPSA) is 30.7 Å². The fraction of sp³-hybridized carbons (Fsp3) is 0.714. The van der Waals surface area contributed by atoms with E-state index in [2.05, 4.69) is 55.8 Å². The molecular formula is C7H11Br2N3. The first kappa shape index (κ1) is 10.2. The Morgan fingerprint density at radius 1 is 1.50 bits per heavy atom. The van der Waals surface area contributed by atoms with Crippen LogP contribution in [0.5, 0.6) is 0 Å². The maximum Gasteiger partial charge on any atom is 0.218 e. The second-order valence-electron chi connectivity index (χ2n) is 2.85. The van der Waals surface area contributed by atoms with Gasteiger partial charge in [0.05, 0.1) is 0 Å². The van der Waals surface area contributed by atoms with Gasteiger partial charge >= 0.3 is 0 Å². The third kappa shape index (κ3) is 2.55. The van der Waals surface area contributed by atoms with Gasteiger partial charge in [0.1, 0.15) is 0 Å². The van der Waals surface area contributed by atoms with Crippen molar-refractivity contribution < 1.29 is 0 Å². The van der Waals surface area contributed by atoms with Gasteiger partial charge in [0, 0.05) is 6.54 Å². The first-order chi connectivity index (χ1) is 5.63.